The molecule has 70 valence electrons. The van der Waals surface area contributed by atoms with Crippen molar-refractivity contribution in [1.82, 2.24) is 0 Å². The van der Waals surface area contributed by atoms with Gasteiger partial charge in [-0.15, -0.1) is 11.8 Å². The molecule has 0 aliphatic carbocycles. The first-order valence-corrected chi connectivity index (χ1v) is 5.35. The van der Waals surface area contributed by atoms with Gasteiger partial charge >= 0.3 is 0 Å². The summed E-state index contributed by atoms with van der Waals surface area (Å²) in [6.45, 7) is 1.79. The van der Waals surface area contributed by atoms with E-state index in [1.54, 1.807) is 24.8 Å². The van der Waals surface area contributed by atoms with Gasteiger partial charge in [0.1, 0.15) is 5.82 Å². The summed E-state index contributed by atoms with van der Waals surface area (Å²) in [7, 11) is 0. The van der Waals surface area contributed by atoms with Crippen LogP contribution in [-0.2, 0) is 0 Å². The molecule has 2 N–H and O–H groups in total. The average Bonchev–Trinajstić information content (AvgIpc) is 2.09. The molecule has 1 aliphatic rings. The van der Waals surface area contributed by atoms with Crippen LogP contribution in [0.25, 0.3) is 0 Å². The molecule has 2 rings (SSSR count). The molecule has 0 fully saturated rings. The lowest BCUT2D eigenvalue weighted by Gasteiger charge is -2.22. The highest BCUT2D eigenvalue weighted by Gasteiger charge is 2.18. The summed E-state index contributed by atoms with van der Waals surface area (Å²) in [5, 5.41) is 0. The molecule has 0 spiro atoms. The van der Waals surface area contributed by atoms with Crippen molar-refractivity contribution in [1.29, 1.82) is 0 Å². The topological polar surface area (TPSA) is 26.0 Å². The molecule has 1 heterocycles. The maximum absolute atomic E-state index is 13.2. The molecule has 3 heteroatoms. The fourth-order valence-corrected chi connectivity index (χ4v) is 2.77. The van der Waals surface area contributed by atoms with Crippen LogP contribution in [0.4, 0.5) is 4.39 Å². The standard InChI is InChI=1S/C10H12FNS/c1-6-4-10-7(5-8(6)11)9(12)2-3-13-10/h4-5,9H,2-3,12H2,1H3. The van der Waals surface area contributed by atoms with E-state index < -0.39 is 0 Å². The molecule has 0 aromatic heterocycles. The van der Waals surface area contributed by atoms with Crippen LogP contribution >= 0.6 is 11.8 Å². The van der Waals surface area contributed by atoms with E-state index in [9.17, 15) is 4.39 Å². The van der Waals surface area contributed by atoms with Crippen LogP contribution in [0, 0.1) is 12.7 Å². The largest absolute Gasteiger partial charge is 0.324 e. The van der Waals surface area contributed by atoms with Gasteiger partial charge in [0.25, 0.3) is 0 Å². The van der Waals surface area contributed by atoms with Crippen molar-refractivity contribution in [2.45, 2.75) is 24.3 Å². The summed E-state index contributed by atoms with van der Waals surface area (Å²) in [4.78, 5) is 1.15. The minimum Gasteiger partial charge on any atom is -0.324 e. The molecule has 1 atom stereocenters. The summed E-state index contributed by atoms with van der Waals surface area (Å²) in [5.74, 6) is 0.899. The Bertz CT molecular complexity index is 338. The van der Waals surface area contributed by atoms with Crippen LogP contribution < -0.4 is 5.73 Å². The molecule has 1 aromatic rings. The van der Waals surface area contributed by atoms with Crippen LogP contribution in [0.2, 0.25) is 0 Å². The smallest absolute Gasteiger partial charge is 0.126 e. The number of thioether (sulfide) groups is 1. The Hall–Kier alpha value is -0.540. The van der Waals surface area contributed by atoms with Gasteiger partial charge in [-0.25, -0.2) is 4.39 Å². The minimum atomic E-state index is -0.142. The van der Waals surface area contributed by atoms with Crippen molar-refractivity contribution in [2.75, 3.05) is 5.75 Å². The lowest BCUT2D eigenvalue weighted by Crippen LogP contribution is -2.16. The molecule has 1 nitrogen and oxygen atoms in total. The Balaban J connectivity index is 2.52. The van der Waals surface area contributed by atoms with Gasteiger partial charge in [0.05, 0.1) is 0 Å². The van der Waals surface area contributed by atoms with E-state index in [1.807, 2.05) is 6.07 Å². The maximum Gasteiger partial charge on any atom is 0.126 e. The van der Waals surface area contributed by atoms with Crippen molar-refractivity contribution in [3.8, 4) is 0 Å². The number of aryl methyl sites for hydroxylation is 1. The van der Waals surface area contributed by atoms with E-state index in [0.717, 1.165) is 22.6 Å². The molecule has 0 saturated carbocycles. The highest BCUT2D eigenvalue weighted by atomic mass is 32.2. The van der Waals surface area contributed by atoms with Crippen LogP contribution in [0.15, 0.2) is 17.0 Å². The molecule has 0 radical (unpaired) electrons. The van der Waals surface area contributed by atoms with E-state index in [4.69, 9.17) is 5.73 Å². The minimum absolute atomic E-state index is 0.0198. The third-order valence-electron chi connectivity index (χ3n) is 2.38. The van der Waals surface area contributed by atoms with E-state index in [0.29, 0.717) is 5.56 Å². The fraction of sp³-hybridized carbons (Fsp3) is 0.400. The SMILES string of the molecule is Cc1cc2c(cc1F)C(N)CCS2. The Labute approximate surface area is 81.5 Å². The predicted molar refractivity (Wildman–Crippen MR) is 53.4 cm³/mol. The van der Waals surface area contributed by atoms with Crippen molar-refractivity contribution in [2.24, 2.45) is 5.73 Å². The normalized spacial score (nSPS) is 21.3. The summed E-state index contributed by atoms with van der Waals surface area (Å²) in [6, 6.07) is 3.50. The van der Waals surface area contributed by atoms with Crippen LogP contribution in [-0.4, -0.2) is 5.75 Å². The Morgan fingerprint density at radius 2 is 2.31 bits per heavy atom. The number of hydrogen-bond acceptors (Lipinski definition) is 2. The van der Waals surface area contributed by atoms with Gasteiger partial charge in [0.2, 0.25) is 0 Å². The van der Waals surface area contributed by atoms with Gasteiger partial charge in [-0.3, -0.25) is 0 Å². The summed E-state index contributed by atoms with van der Waals surface area (Å²) >= 11 is 1.77. The number of hydrogen-bond donors (Lipinski definition) is 1. The van der Waals surface area contributed by atoms with E-state index in [2.05, 4.69) is 0 Å². The van der Waals surface area contributed by atoms with Gasteiger partial charge in [0.15, 0.2) is 0 Å². The zero-order chi connectivity index (χ0) is 9.42. The maximum atomic E-state index is 13.2. The van der Waals surface area contributed by atoms with Gasteiger partial charge in [0, 0.05) is 10.9 Å². The first kappa shape index (κ1) is 9.03. The molecular formula is C10H12FNS. The molecular weight excluding hydrogens is 185 g/mol. The van der Waals surface area contributed by atoms with Crippen LogP contribution in [0.1, 0.15) is 23.6 Å². The first-order valence-electron chi connectivity index (χ1n) is 4.37. The van der Waals surface area contributed by atoms with Gasteiger partial charge < -0.3 is 5.73 Å². The third-order valence-corrected chi connectivity index (χ3v) is 3.48. The van der Waals surface area contributed by atoms with Crippen molar-refractivity contribution in [3.63, 3.8) is 0 Å². The molecule has 1 aliphatic heterocycles. The van der Waals surface area contributed by atoms with Crippen molar-refractivity contribution < 1.29 is 4.39 Å². The second kappa shape index (κ2) is 3.31. The molecule has 0 saturated heterocycles. The highest BCUT2D eigenvalue weighted by molar-refractivity contribution is 7.99. The predicted octanol–water partition coefficient (Wildman–Crippen LogP) is 2.63. The highest BCUT2D eigenvalue weighted by Crippen LogP contribution is 2.36. The Morgan fingerprint density at radius 1 is 1.54 bits per heavy atom. The molecule has 1 unspecified atom stereocenters. The summed E-state index contributed by atoms with van der Waals surface area (Å²) < 4.78 is 13.2. The van der Waals surface area contributed by atoms with Crippen LogP contribution in [0.3, 0.4) is 0 Å². The van der Waals surface area contributed by atoms with Gasteiger partial charge in [-0.2, -0.15) is 0 Å². The van der Waals surface area contributed by atoms with E-state index in [1.165, 1.54) is 0 Å². The number of rotatable bonds is 0. The number of benzene rings is 1. The molecule has 13 heavy (non-hydrogen) atoms. The molecule has 0 amide bonds. The second-order valence-electron chi connectivity index (χ2n) is 3.38. The van der Waals surface area contributed by atoms with Crippen molar-refractivity contribution >= 4 is 11.8 Å². The molecule has 1 aromatic carbocycles. The Kier molecular flexibility index (Phi) is 2.30. The Morgan fingerprint density at radius 3 is 3.08 bits per heavy atom. The van der Waals surface area contributed by atoms with Gasteiger partial charge in [-0.1, -0.05) is 0 Å². The molecule has 0 bridgehead atoms. The van der Waals surface area contributed by atoms with E-state index in [-0.39, 0.29) is 11.9 Å². The first-order chi connectivity index (χ1) is 6.18. The van der Waals surface area contributed by atoms with Gasteiger partial charge in [-0.05, 0) is 42.4 Å². The quantitative estimate of drug-likeness (QED) is 0.692. The monoisotopic (exact) mass is 197 g/mol. The number of nitrogens with two attached hydrogens (primary N) is 1. The third kappa shape index (κ3) is 1.58. The lowest BCUT2D eigenvalue weighted by molar-refractivity contribution is 0.601. The lowest BCUT2D eigenvalue weighted by atomic mass is 10.0. The average molecular weight is 197 g/mol. The fourth-order valence-electron chi connectivity index (χ4n) is 1.54. The van der Waals surface area contributed by atoms with E-state index >= 15 is 0 Å². The zero-order valence-corrected chi connectivity index (χ0v) is 8.33. The summed E-state index contributed by atoms with van der Waals surface area (Å²) in [6.07, 6.45) is 0.945. The van der Waals surface area contributed by atoms with Crippen molar-refractivity contribution in [3.05, 3.63) is 29.1 Å². The second-order valence-corrected chi connectivity index (χ2v) is 4.52. The zero-order valence-electron chi connectivity index (χ0n) is 7.51. The number of fused-ring (bicyclic) bond motifs is 1. The summed E-state index contributed by atoms with van der Waals surface area (Å²) in [5.41, 5.74) is 7.57. The number of halogens is 1. The van der Waals surface area contributed by atoms with Crippen LogP contribution in [0.5, 0.6) is 0 Å².